The molecule has 1 fully saturated rings. The minimum absolute atomic E-state index is 0.222. The van der Waals surface area contributed by atoms with Gasteiger partial charge in [-0.2, -0.15) is 0 Å². The molecule has 3 rings (SSSR count). The van der Waals surface area contributed by atoms with Gasteiger partial charge in [0.25, 0.3) is 0 Å². The molecule has 5 nitrogen and oxygen atoms in total. The molecule has 0 N–H and O–H groups in total. The van der Waals surface area contributed by atoms with Gasteiger partial charge in [0.2, 0.25) is 0 Å². The summed E-state index contributed by atoms with van der Waals surface area (Å²) in [5.74, 6) is 0.748. The summed E-state index contributed by atoms with van der Waals surface area (Å²) in [7, 11) is -3.13. The van der Waals surface area contributed by atoms with Crippen LogP contribution in [0.15, 0.2) is 24.5 Å². The van der Waals surface area contributed by atoms with Crippen molar-refractivity contribution in [3.63, 3.8) is 0 Å². The maximum atomic E-state index is 12.2. The number of fused-ring (bicyclic) bond motifs is 1. The molecule has 0 aliphatic carbocycles. The van der Waals surface area contributed by atoms with E-state index in [4.69, 9.17) is 0 Å². The number of nitrogens with zero attached hydrogens (tertiary/aromatic N) is 2. The predicted molar refractivity (Wildman–Crippen MR) is 71.0 cm³/mol. The van der Waals surface area contributed by atoms with E-state index < -0.39 is 15.1 Å². The van der Waals surface area contributed by atoms with Crippen LogP contribution in [0.4, 0.5) is 0 Å². The van der Waals surface area contributed by atoms with Crippen LogP contribution in [-0.4, -0.2) is 29.8 Å². The van der Waals surface area contributed by atoms with Crippen LogP contribution >= 0.6 is 0 Å². The zero-order chi connectivity index (χ0) is 13.5. The van der Waals surface area contributed by atoms with Crippen LogP contribution in [0.3, 0.4) is 0 Å². The zero-order valence-corrected chi connectivity index (χ0v) is 11.1. The average Bonchev–Trinajstić information content (AvgIpc) is 2.82. The van der Waals surface area contributed by atoms with Gasteiger partial charge in [-0.25, -0.2) is 13.4 Å². The number of carbonyl (C=O) groups is 1. The molecule has 3 heterocycles. The second-order valence-electron chi connectivity index (χ2n) is 4.80. The van der Waals surface area contributed by atoms with E-state index in [2.05, 4.69) is 4.98 Å². The van der Waals surface area contributed by atoms with E-state index in [-0.39, 0.29) is 5.75 Å². The van der Waals surface area contributed by atoms with Crippen molar-refractivity contribution >= 4 is 21.6 Å². The fraction of sp³-hybridized carbons (Fsp3) is 0.385. The summed E-state index contributed by atoms with van der Waals surface area (Å²) in [4.78, 5) is 15.2. The average molecular weight is 278 g/mol. The quantitative estimate of drug-likeness (QED) is 0.785. The van der Waals surface area contributed by atoms with Crippen LogP contribution in [0, 0.1) is 0 Å². The van der Waals surface area contributed by atoms with Gasteiger partial charge in [-0.05, 0) is 25.0 Å². The Hall–Kier alpha value is -1.69. The molecule has 2 aromatic rings. The zero-order valence-electron chi connectivity index (χ0n) is 10.3. The maximum Gasteiger partial charge on any atom is 0.160 e. The van der Waals surface area contributed by atoms with E-state index >= 15 is 0 Å². The van der Waals surface area contributed by atoms with Crippen LogP contribution < -0.4 is 0 Å². The normalized spacial score (nSPS) is 22.4. The fourth-order valence-corrected chi connectivity index (χ4v) is 4.56. The Morgan fingerprint density at radius 3 is 2.95 bits per heavy atom. The number of imidazole rings is 1. The topological polar surface area (TPSA) is 68.5 Å². The van der Waals surface area contributed by atoms with Gasteiger partial charge in [0, 0.05) is 11.8 Å². The first-order valence-corrected chi connectivity index (χ1v) is 7.98. The summed E-state index contributed by atoms with van der Waals surface area (Å²) in [5.41, 5.74) is 1.18. The minimum atomic E-state index is -3.13. The summed E-state index contributed by atoms with van der Waals surface area (Å²) in [6, 6.07) is 3.43. The lowest BCUT2D eigenvalue weighted by atomic mass is 10.2. The van der Waals surface area contributed by atoms with Crippen molar-refractivity contribution in [1.29, 1.82) is 0 Å². The minimum Gasteiger partial charge on any atom is -0.302 e. The van der Waals surface area contributed by atoms with Crippen LogP contribution in [0.2, 0.25) is 0 Å². The standard InChI is InChI=1S/C13H14N2O3S/c16-9-10-4-3-6-15-11(10)8-14-13(15)12-5-1-2-7-19(12,17)18/h3-4,6,8-9,12H,1-2,5,7H2. The second-order valence-corrected chi connectivity index (χ2v) is 7.11. The Kier molecular flexibility index (Phi) is 2.89. The highest BCUT2D eigenvalue weighted by Crippen LogP contribution is 2.33. The van der Waals surface area contributed by atoms with Gasteiger partial charge in [-0.1, -0.05) is 6.42 Å². The van der Waals surface area contributed by atoms with Crippen LogP contribution in [0.25, 0.3) is 5.52 Å². The van der Waals surface area contributed by atoms with Crippen LogP contribution in [0.1, 0.15) is 40.7 Å². The highest BCUT2D eigenvalue weighted by Gasteiger charge is 2.33. The van der Waals surface area contributed by atoms with Gasteiger partial charge in [0.05, 0.1) is 17.5 Å². The van der Waals surface area contributed by atoms with E-state index in [9.17, 15) is 13.2 Å². The molecule has 0 bridgehead atoms. The first-order valence-electron chi connectivity index (χ1n) is 6.26. The first-order chi connectivity index (χ1) is 9.13. The molecule has 6 heteroatoms. The van der Waals surface area contributed by atoms with E-state index in [0.29, 0.717) is 23.3 Å². The number of aldehydes is 1. The van der Waals surface area contributed by atoms with Gasteiger partial charge in [-0.3, -0.25) is 4.79 Å². The number of rotatable bonds is 2. The molecule has 0 radical (unpaired) electrons. The van der Waals surface area contributed by atoms with Gasteiger partial charge < -0.3 is 4.40 Å². The molecule has 100 valence electrons. The molecule has 0 aromatic carbocycles. The van der Waals surface area contributed by atoms with Gasteiger partial charge in [-0.15, -0.1) is 0 Å². The highest BCUT2D eigenvalue weighted by atomic mass is 32.2. The molecule has 1 atom stereocenters. The number of hydrogen-bond acceptors (Lipinski definition) is 4. The summed E-state index contributed by atoms with van der Waals surface area (Å²) >= 11 is 0. The molecule has 0 saturated carbocycles. The smallest absolute Gasteiger partial charge is 0.160 e. The molecule has 1 aliphatic heterocycles. The van der Waals surface area contributed by atoms with E-state index in [0.717, 1.165) is 19.1 Å². The van der Waals surface area contributed by atoms with Crippen molar-refractivity contribution < 1.29 is 13.2 Å². The Balaban J connectivity index is 2.18. The van der Waals surface area contributed by atoms with Crippen molar-refractivity contribution in [2.24, 2.45) is 0 Å². The summed E-state index contributed by atoms with van der Waals surface area (Å²) in [6.45, 7) is 0. The Morgan fingerprint density at radius 2 is 2.21 bits per heavy atom. The van der Waals surface area contributed by atoms with Crippen LogP contribution in [0.5, 0.6) is 0 Å². The third-order valence-corrected chi connectivity index (χ3v) is 5.80. The fourth-order valence-electron chi connectivity index (χ4n) is 2.65. The molecular weight excluding hydrogens is 264 g/mol. The predicted octanol–water partition coefficient (Wildman–Crippen LogP) is 1.79. The molecule has 19 heavy (non-hydrogen) atoms. The van der Waals surface area contributed by atoms with E-state index in [1.807, 2.05) is 0 Å². The van der Waals surface area contributed by atoms with Crippen molar-refractivity contribution in [3.8, 4) is 0 Å². The number of carbonyl (C=O) groups excluding carboxylic acids is 1. The Labute approximate surface area is 111 Å². The SMILES string of the molecule is O=Cc1cccn2c(C3CCCCS3(=O)=O)ncc12. The molecule has 1 unspecified atom stereocenters. The van der Waals surface area contributed by atoms with Gasteiger partial charge in [0.15, 0.2) is 16.1 Å². The van der Waals surface area contributed by atoms with E-state index in [1.165, 1.54) is 0 Å². The first kappa shape index (κ1) is 12.3. The molecule has 1 aliphatic rings. The third kappa shape index (κ3) is 1.96. The summed E-state index contributed by atoms with van der Waals surface area (Å²) in [6.07, 6.45) is 6.31. The van der Waals surface area contributed by atoms with Crippen LogP contribution in [-0.2, 0) is 9.84 Å². The molecule has 2 aromatic heterocycles. The second kappa shape index (κ2) is 4.45. The summed E-state index contributed by atoms with van der Waals surface area (Å²) < 4.78 is 26.0. The number of pyridine rings is 1. The molecular formula is C13H14N2O3S. The lowest BCUT2D eigenvalue weighted by molar-refractivity contribution is 0.112. The van der Waals surface area contributed by atoms with Crippen molar-refractivity contribution in [2.75, 3.05) is 5.75 Å². The molecule has 0 spiro atoms. The Bertz CT molecular complexity index is 733. The monoisotopic (exact) mass is 278 g/mol. The van der Waals surface area contributed by atoms with Gasteiger partial charge >= 0.3 is 0 Å². The van der Waals surface area contributed by atoms with Crippen molar-refractivity contribution in [3.05, 3.63) is 35.9 Å². The van der Waals surface area contributed by atoms with Crippen molar-refractivity contribution in [1.82, 2.24) is 9.38 Å². The highest BCUT2D eigenvalue weighted by molar-refractivity contribution is 7.91. The summed E-state index contributed by atoms with van der Waals surface area (Å²) in [5, 5.41) is -0.550. The Morgan fingerprint density at radius 1 is 1.37 bits per heavy atom. The lowest BCUT2D eigenvalue weighted by Crippen LogP contribution is -2.23. The van der Waals surface area contributed by atoms with E-state index in [1.54, 1.807) is 28.9 Å². The number of aromatic nitrogens is 2. The lowest BCUT2D eigenvalue weighted by Gasteiger charge is -2.21. The van der Waals surface area contributed by atoms with Gasteiger partial charge in [0.1, 0.15) is 11.1 Å². The van der Waals surface area contributed by atoms with Crippen molar-refractivity contribution in [2.45, 2.75) is 24.5 Å². The molecule has 1 saturated heterocycles. The largest absolute Gasteiger partial charge is 0.302 e. The third-order valence-electron chi connectivity index (χ3n) is 3.63. The number of sulfone groups is 1. The number of hydrogen-bond donors (Lipinski definition) is 0. The maximum absolute atomic E-state index is 12.2. The molecule has 0 amide bonds.